The van der Waals surface area contributed by atoms with Gasteiger partial charge >= 0.3 is 0 Å². The van der Waals surface area contributed by atoms with E-state index in [4.69, 9.17) is 9.41 Å². The van der Waals surface area contributed by atoms with Crippen molar-refractivity contribution in [2.45, 2.75) is 58.4 Å². The van der Waals surface area contributed by atoms with Crippen LogP contribution >= 0.6 is 11.3 Å². The fourth-order valence-electron chi connectivity index (χ4n) is 2.80. The maximum Gasteiger partial charge on any atom is 0.206 e. The molecule has 1 aliphatic carbocycles. The first-order valence-corrected chi connectivity index (χ1v) is 9.43. The molecule has 0 amide bonds. The van der Waals surface area contributed by atoms with E-state index >= 15 is 0 Å². The molecule has 0 spiro atoms. The number of rotatable bonds is 5. The van der Waals surface area contributed by atoms with Crippen LogP contribution in [0.2, 0.25) is 0 Å². The lowest BCUT2D eigenvalue weighted by Crippen LogP contribution is -2.18. The van der Waals surface area contributed by atoms with E-state index in [1.165, 1.54) is 32.1 Å². The smallest absolute Gasteiger partial charge is 0.206 e. The standard InChI is InChI=1S/C18H25N3OS/c1-14(2)10-11-19-21-16(17-9-6-12-22-17)13-23-18(21)20-15-7-4-3-5-8-15/h6,9,11-15H,3-5,7-8,10H2,1-2H3. The highest BCUT2D eigenvalue weighted by atomic mass is 32.1. The highest BCUT2D eigenvalue weighted by Crippen LogP contribution is 2.22. The normalized spacial score (nSPS) is 17.6. The van der Waals surface area contributed by atoms with E-state index in [2.05, 4.69) is 24.3 Å². The Morgan fingerprint density at radius 1 is 1.35 bits per heavy atom. The minimum atomic E-state index is 0.443. The van der Waals surface area contributed by atoms with Gasteiger partial charge in [0.15, 0.2) is 5.76 Å². The Bertz CT molecular complexity index is 688. The van der Waals surface area contributed by atoms with Crippen molar-refractivity contribution in [2.75, 3.05) is 0 Å². The van der Waals surface area contributed by atoms with E-state index in [0.29, 0.717) is 12.0 Å². The highest BCUT2D eigenvalue weighted by Gasteiger charge is 2.14. The molecule has 1 aliphatic rings. The number of aromatic nitrogens is 1. The molecule has 0 aromatic carbocycles. The molecule has 2 aromatic heterocycles. The maximum atomic E-state index is 5.56. The minimum absolute atomic E-state index is 0.443. The Morgan fingerprint density at radius 2 is 2.17 bits per heavy atom. The van der Waals surface area contributed by atoms with Crippen molar-refractivity contribution in [1.29, 1.82) is 0 Å². The Morgan fingerprint density at radius 3 is 2.87 bits per heavy atom. The molecule has 0 unspecified atom stereocenters. The highest BCUT2D eigenvalue weighted by molar-refractivity contribution is 7.07. The van der Waals surface area contributed by atoms with Crippen molar-refractivity contribution in [1.82, 2.24) is 4.68 Å². The van der Waals surface area contributed by atoms with Crippen LogP contribution < -0.4 is 4.80 Å². The van der Waals surface area contributed by atoms with Crippen LogP contribution in [0.25, 0.3) is 11.5 Å². The number of hydrogen-bond donors (Lipinski definition) is 0. The number of thiazole rings is 1. The van der Waals surface area contributed by atoms with Crippen molar-refractivity contribution in [3.63, 3.8) is 0 Å². The van der Waals surface area contributed by atoms with Gasteiger partial charge in [-0.05, 0) is 37.3 Å². The molecule has 1 fully saturated rings. The fourth-order valence-corrected chi connectivity index (χ4v) is 3.69. The zero-order chi connectivity index (χ0) is 16.1. The van der Waals surface area contributed by atoms with Gasteiger partial charge in [0.05, 0.1) is 12.3 Å². The molecule has 3 rings (SSSR count). The average molecular weight is 331 g/mol. The lowest BCUT2D eigenvalue weighted by atomic mass is 9.96. The third-order valence-corrected chi connectivity index (χ3v) is 4.93. The van der Waals surface area contributed by atoms with Crippen molar-refractivity contribution >= 4 is 17.6 Å². The van der Waals surface area contributed by atoms with Crippen LogP contribution in [0, 0.1) is 5.92 Å². The molecule has 2 aromatic rings. The third kappa shape index (κ3) is 4.22. The molecule has 4 nitrogen and oxygen atoms in total. The van der Waals surface area contributed by atoms with Gasteiger partial charge in [-0.15, -0.1) is 11.3 Å². The Kier molecular flexibility index (Phi) is 5.49. The van der Waals surface area contributed by atoms with E-state index in [-0.39, 0.29) is 0 Å². The van der Waals surface area contributed by atoms with Gasteiger partial charge in [-0.2, -0.15) is 5.10 Å². The Labute approximate surface area is 141 Å². The van der Waals surface area contributed by atoms with Crippen molar-refractivity contribution < 1.29 is 4.42 Å². The molecular formula is C18H25N3OS. The van der Waals surface area contributed by atoms with Crippen molar-refractivity contribution in [3.8, 4) is 11.5 Å². The monoisotopic (exact) mass is 331 g/mol. The first kappa shape index (κ1) is 16.2. The largest absolute Gasteiger partial charge is 0.463 e. The van der Waals surface area contributed by atoms with Crippen LogP contribution in [0.15, 0.2) is 38.3 Å². The zero-order valence-corrected chi connectivity index (χ0v) is 14.8. The summed E-state index contributed by atoms with van der Waals surface area (Å²) >= 11 is 1.65. The quantitative estimate of drug-likeness (QED) is 0.717. The van der Waals surface area contributed by atoms with Gasteiger partial charge in [-0.3, -0.25) is 4.99 Å². The molecule has 0 saturated heterocycles. The molecule has 0 atom stereocenters. The summed E-state index contributed by atoms with van der Waals surface area (Å²) in [5, 5.41) is 6.77. The molecular weight excluding hydrogens is 306 g/mol. The van der Waals surface area contributed by atoms with Gasteiger partial charge in [-0.1, -0.05) is 33.1 Å². The Balaban J connectivity index is 1.95. The van der Waals surface area contributed by atoms with Crippen LogP contribution in [0.3, 0.4) is 0 Å². The molecule has 0 radical (unpaired) electrons. The summed E-state index contributed by atoms with van der Waals surface area (Å²) in [4.78, 5) is 5.95. The zero-order valence-electron chi connectivity index (χ0n) is 13.9. The first-order valence-electron chi connectivity index (χ1n) is 8.55. The molecule has 0 N–H and O–H groups in total. The molecule has 2 heterocycles. The fraction of sp³-hybridized carbons (Fsp3) is 0.556. The summed E-state index contributed by atoms with van der Waals surface area (Å²) in [6, 6.07) is 4.33. The first-order chi connectivity index (χ1) is 11.2. The second kappa shape index (κ2) is 7.77. The minimum Gasteiger partial charge on any atom is -0.463 e. The van der Waals surface area contributed by atoms with E-state index < -0.39 is 0 Å². The molecule has 23 heavy (non-hydrogen) atoms. The van der Waals surface area contributed by atoms with Gasteiger partial charge in [0, 0.05) is 11.6 Å². The van der Waals surface area contributed by atoms with E-state index in [9.17, 15) is 0 Å². The van der Waals surface area contributed by atoms with Crippen LogP contribution in [0.4, 0.5) is 0 Å². The van der Waals surface area contributed by atoms with Crippen LogP contribution in [-0.4, -0.2) is 16.9 Å². The third-order valence-electron chi connectivity index (χ3n) is 4.10. The van der Waals surface area contributed by atoms with Gasteiger partial charge in [0.25, 0.3) is 0 Å². The molecule has 0 bridgehead atoms. The van der Waals surface area contributed by atoms with Gasteiger partial charge in [0.2, 0.25) is 4.80 Å². The number of nitrogens with zero attached hydrogens (tertiary/aromatic N) is 3. The molecule has 124 valence electrons. The SMILES string of the molecule is CC(C)CC=Nn1c(-c2ccco2)csc1=NC1CCCCC1. The second-order valence-electron chi connectivity index (χ2n) is 6.54. The predicted octanol–water partition coefficient (Wildman–Crippen LogP) is 4.92. The number of furan rings is 1. The topological polar surface area (TPSA) is 42.8 Å². The summed E-state index contributed by atoms with van der Waals surface area (Å²) in [7, 11) is 0. The van der Waals surface area contributed by atoms with Crippen LogP contribution in [0.5, 0.6) is 0 Å². The summed E-state index contributed by atoms with van der Waals surface area (Å²) in [5.41, 5.74) is 0.981. The van der Waals surface area contributed by atoms with Gasteiger partial charge < -0.3 is 4.42 Å². The summed E-state index contributed by atoms with van der Waals surface area (Å²) < 4.78 is 7.51. The van der Waals surface area contributed by atoms with E-state index in [0.717, 1.165) is 22.7 Å². The van der Waals surface area contributed by atoms with Crippen molar-refractivity contribution in [3.05, 3.63) is 28.6 Å². The molecule has 0 aliphatic heterocycles. The summed E-state index contributed by atoms with van der Waals surface area (Å²) in [6.45, 7) is 4.40. The summed E-state index contributed by atoms with van der Waals surface area (Å²) in [5.74, 6) is 1.44. The van der Waals surface area contributed by atoms with Crippen LogP contribution in [-0.2, 0) is 0 Å². The molecule has 1 saturated carbocycles. The lowest BCUT2D eigenvalue weighted by Gasteiger charge is -2.16. The average Bonchev–Trinajstić information content (AvgIpc) is 3.18. The van der Waals surface area contributed by atoms with Gasteiger partial charge in [-0.25, -0.2) is 4.68 Å². The van der Waals surface area contributed by atoms with Gasteiger partial charge in [0.1, 0.15) is 5.69 Å². The van der Waals surface area contributed by atoms with E-state index in [1.54, 1.807) is 17.6 Å². The summed E-state index contributed by atoms with van der Waals surface area (Å²) in [6.07, 6.45) is 11.0. The second-order valence-corrected chi connectivity index (χ2v) is 7.38. The Hall–Kier alpha value is -1.62. The van der Waals surface area contributed by atoms with E-state index in [1.807, 2.05) is 23.0 Å². The maximum absolute atomic E-state index is 5.56. The van der Waals surface area contributed by atoms with Crippen molar-refractivity contribution in [2.24, 2.45) is 16.0 Å². The van der Waals surface area contributed by atoms with Crippen LogP contribution in [0.1, 0.15) is 52.4 Å². The predicted molar refractivity (Wildman–Crippen MR) is 95.8 cm³/mol. The lowest BCUT2D eigenvalue weighted by molar-refractivity contribution is 0.435. The molecule has 5 heteroatoms. The number of hydrogen-bond acceptors (Lipinski definition) is 4.